The molecule has 0 amide bonds. The number of nitrogens with one attached hydrogen (secondary N) is 1. The summed E-state index contributed by atoms with van der Waals surface area (Å²) in [5.74, 6) is -0.365. The zero-order chi connectivity index (χ0) is 23.9. The third kappa shape index (κ3) is 9.71. The standard InChI is InChI=1S/C20H26N2O3.C4H4O4/c1-23-12-13-24-20-19(8-5-10-22-20)25-15-17-14-21-11-9-18(17)16-6-3-2-4-7-16;5-3(6)1-2-4(7)8/h2-8,10,17-18,21H,9,11-15H2,1H3;1-2H,(H,5,6)(H,7,8)/b;2-1+/t17-,18-;/m0./s1. The number of ether oxygens (including phenoxy) is 3. The fraction of sp³-hybridized carbons (Fsp3) is 0.375. The molecule has 33 heavy (non-hydrogen) atoms. The van der Waals surface area contributed by atoms with Crippen molar-refractivity contribution in [1.29, 1.82) is 0 Å². The van der Waals surface area contributed by atoms with Gasteiger partial charge in [0.1, 0.15) is 6.61 Å². The minimum atomic E-state index is -1.26. The molecule has 3 rings (SSSR count). The van der Waals surface area contributed by atoms with Gasteiger partial charge in [-0.2, -0.15) is 0 Å². The van der Waals surface area contributed by atoms with E-state index < -0.39 is 11.9 Å². The van der Waals surface area contributed by atoms with E-state index >= 15 is 0 Å². The first kappa shape index (κ1) is 25.8. The number of nitrogens with zero attached hydrogens (tertiary/aromatic N) is 1. The number of piperidine rings is 1. The molecule has 178 valence electrons. The lowest BCUT2D eigenvalue weighted by Crippen LogP contribution is -2.38. The van der Waals surface area contributed by atoms with Crippen LogP contribution in [0.25, 0.3) is 0 Å². The molecule has 3 N–H and O–H groups in total. The number of methoxy groups -OCH3 is 1. The maximum Gasteiger partial charge on any atom is 0.328 e. The van der Waals surface area contributed by atoms with E-state index in [4.69, 9.17) is 24.4 Å². The van der Waals surface area contributed by atoms with Crippen molar-refractivity contribution in [2.75, 3.05) is 40.0 Å². The van der Waals surface area contributed by atoms with Crippen molar-refractivity contribution >= 4 is 11.9 Å². The number of carbonyl (C=O) groups is 2. The second kappa shape index (κ2) is 14.6. The molecule has 1 aromatic carbocycles. The van der Waals surface area contributed by atoms with Crippen LogP contribution >= 0.6 is 0 Å². The van der Waals surface area contributed by atoms with Crippen LogP contribution < -0.4 is 14.8 Å². The number of hydrogen-bond acceptors (Lipinski definition) is 7. The van der Waals surface area contributed by atoms with E-state index in [0.717, 1.165) is 19.5 Å². The van der Waals surface area contributed by atoms with Gasteiger partial charge in [-0.1, -0.05) is 30.3 Å². The molecular weight excluding hydrogens is 428 g/mol. The summed E-state index contributed by atoms with van der Waals surface area (Å²) in [6, 6.07) is 14.5. The first-order valence-corrected chi connectivity index (χ1v) is 10.6. The average molecular weight is 459 g/mol. The fourth-order valence-corrected chi connectivity index (χ4v) is 3.39. The Balaban J connectivity index is 0.000000414. The van der Waals surface area contributed by atoms with Gasteiger partial charge in [0.15, 0.2) is 5.75 Å². The molecule has 0 unspecified atom stereocenters. The van der Waals surface area contributed by atoms with Gasteiger partial charge in [-0.25, -0.2) is 14.6 Å². The van der Waals surface area contributed by atoms with Crippen LogP contribution in [-0.4, -0.2) is 67.2 Å². The number of aliphatic carboxylic acids is 2. The highest BCUT2D eigenvalue weighted by molar-refractivity contribution is 5.89. The number of aromatic nitrogens is 1. The quantitative estimate of drug-likeness (QED) is 0.364. The number of rotatable bonds is 10. The molecule has 1 aliphatic heterocycles. The molecular formula is C24H30N2O7. The maximum absolute atomic E-state index is 9.55. The largest absolute Gasteiger partial charge is 0.488 e. The Morgan fingerprint density at radius 1 is 1.06 bits per heavy atom. The lowest BCUT2D eigenvalue weighted by Gasteiger charge is -2.32. The van der Waals surface area contributed by atoms with Gasteiger partial charge >= 0.3 is 11.9 Å². The van der Waals surface area contributed by atoms with Crippen LogP contribution in [0.4, 0.5) is 0 Å². The molecule has 0 saturated carbocycles. The molecule has 0 aliphatic carbocycles. The summed E-state index contributed by atoms with van der Waals surface area (Å²) in [4.78, 5) is 23.4. The average Bonchev–Trinajstić information content (AvgIpc) is 2.83. The number of carboxylic acids is 2. The molecule has 9 nitrogen and oxygen atoms in total. The van der Waals surface area contributed by atoms with Crippen LogP contribution in [0.2, 0.25) is 0 Å². The van der Waals surface area contributed by atoms with Crippen LogP contribution in [0.5, 0.6) is 11.6 Å². The van der Waals surface area contributed by atoms with Gasteiger partial charge in [0.25, 0.3) is 5.88 Å². The monoisotopic (exact) mass is 458 g/mol. The summed E-state index contributed by atoms with van der Waals surface area (Å²) in [6.07, 6.45) is 3.96. The van der Waals surface area contributed by atoms with Crippen molar-refractivity contribution in [3.63, 3.8) is 0 Å². The smallest absolute Gasteiger partial charge is 0.328 e. The van der Waals surface area contributed by atoms with Crippen LogP contribution in [0.3, 0.4) is 0 Å². The maximum atomic E-state index is 9.55. The third-order valence-electron chi connectivity index (χ3n) is 4.92. The van der Waals surface area contributed by atoms with Crippen molar-refractivity contribution in [2.24, 2.45) is 5.92 Å². The van der Waals surface area contributed by atoms with Gasteiger partial charge in [-0.3, -0.25) is 0 Å². The third-order valence-corrected chi connectivity index (χ3v) is 4.92. The first-order valence-electron chi connectivity index (χ1n) is 10.6. The minimum absolute atomic E-state index is 0.420. The summed E-state index contributed by atoms with van der Waals surface area (Å²) in [7, 11) is 1.65. The number of carboxylic acid groups (broad SMARTS) is 2. The molecule has 0 spiro atoms. The number of hydrogen-bond donors (Lipinski definition) is 3. The lowest BCUT2D eigenvalue weighted by atomic mass is 9.81. The van der Waals surface area contributed by atoms with Gasteiger partial charge < -0.3 is 29.7 Å². The van der Waals surface area contributed by atoms with Crippen molar-refractivity contribution in [3.8, 4) is 11.6 Å². The molecule has 0 bridgehead atoms. The van der Waals surface area contributed by atoms with Crippen LogP contribution in [0, 0.1) is 5.92 Å². The minimum Gasteiger partial charge on any atom is -0.488 e. The van der Waals surface area contributed by atoms with Gasteiger partial charge in [0.05, 0.1) is 13.2 Å². The Morgan fingerprint density at radius 3 is 2.45 bits per heavy atom. The van der Waals surface area contributed by atoms with Crippen molar-refractivity contribution in [2.45, 2.75) is 12.3 Å². The molecule has 9 heteroatoms. The van der Waals surface area contributed by atoms with Crippen molar-refractivity contribution < 1.29 is 34.0 Å². The van der Waals surface area contributed by atoms with E-state index in [1.807, 2.05) is 12.1 Å². The highest BCUT2D eigenvalue weighted by atomic mass is 16.5. The van der Waals surface area contributed by atoms with Crippen LogP contribution in [-0.2, 0) is 14.3 Å². The van der Waals surface area contributed by atoms with E-state index in [1.165, 1.54) is 5.56 Å². The van der Waals surface area contributed by atoms with E-state index in [0.29, 0.717) is 55.4 Å². The lowest BCUT2D eigenvalue weighted by molar-refractivity contribution is -0.134. The van der Waals surface area contributed by atoms with Gasteiger partial charge in [0, 0.05) is 37.9 Å². The molecule has 2 aromatic rings. The molecule has 2 atom stereocenters. The Hall–Kier alpha value is -3.43. The SMILES string of the molecule is COCCOc1ncccc1OC[C@@H]1CNCC[C@H]1c1ccccc1.O=C(O)/C=C/C(=O)O. The number of pyridine rings is 1. The zero-order valence-corrected chi connectivity index (χ0v) is 18.6. The van der Waals surface area contributed by atoms with E-state index in [-0.39, 0.29) is 0 Å². The fourth-order valence-electron chi connectivity index (χ4n) is 3.39. The molecule has 1 aromatic heterocycles. The molecule has 1 saturated heterocycles. The molecule has 2 heterocycles. The molecule has 0 radical (unpaired) electrons. The number of benzene rings is 1. The van der Waals surface area contributed by atoms with Crippen LogP contribution in [0.15, 0.2) is 60.8 Å². The van der Waals surface area contributed by atoms with E-state index in [9.17, 15) is 9.59 Å². The van der Waals surface area contributed by atoms with Gasteiger partial charge in [-0.15, -0.1) is 0 Å². The summed E-state index contributed by atoms with van der Waals surface area (Å²) in [5, 5.41) is 19.1. The van der Waals surface area contributed by atoms with Crippen molar-refractivity contribution in [1.82, 2.24) is 10.3 Å². The molecule has 1 fully saturated rings. The first-order chi connectivity index (χ1) is 16.0. The van der Waals surface area contributed by atoms with Crippen LogP contribution in [0.1, 0.15) is 17.9 Å². The Morgan fingerprint density at radius 2 is 1.79 bits per heavy atom. The summed E-state index contributed by atoms with van der Waals surface area (Å²) < 4.78 is 16.8. The van der Waals surface area contributed by atoms with Gasteiger partial charge in [0.2, 0.25) is 0 Å². The molecule has 1 aliphatic rings. The highest BCUT2D eigenvalue weighted by Gasteiger charge is 2.27. The summed E-state index contributed by atoms with van der Waals surface area (Å²) >= 11 is 0. The predicted molar refractivity (Wildman–Crippen MR) is 122 cm³/mol. The highest BCUT2D eigenvalue weighted by Crippen LogP contribution is 2.32. The second-order valence-electron chi connectivity index (χ2n) is 7.24. The topological polar surface area (TPSA) is 127 Å². The predicted octanol–water partition coefficient (Wildman–Crippen LogP) is 2.59. The van der Waals surface area contributed by atoms with E-state index in [1.54, 1.807) is 13.3 Å². The zero-order valence-electron chi connectivity index (χ0n) is 18.6. The Labute approximate surface area is 193 Å². The van der Waals surface area contributed by atoms with Crippen molar-refractivity contribution in [3.05, 3.63) is 66.4 Å². The van der Waals surface area contributed by atoms with Gasteiger partial charge in [-0.05, 0) is 36.6 Å². The summed E-state index contributed by atoms with van der Waals surface area (Å²) in [5.41, 5.74) is 1.39. The summed E-state index contributed by atoms with van der Waals surface area (Å²) in [6.45, 7) is 3.63. The Kier molecular flexibility index (Phi) is 11.4. The second-order valence-corrected chi connectivity index (χ2v) is 7.24. The Bertz CT molecular complexity index is 873. The van der Waals surface area contributed by atoms with E-state index in [2.05, 4.69) is 40.6 Å². The normalized spacial score (nSPS) is 17.6.